The van der Waals surface area contributed by atoms with Crippen molar-refractivity contribution in [2.45, 2.75) is 103 Å². The highest BCUT2D eigenvalue weighted by Crippen LogP contribution is 2.65. The molecule has 2 bridgehead atoms. The lowest BCUT2D eigenvalue weighted by atomic mass is 9.60. The molecular weight excluding hydrogens is 474 g/mol. The molecule has 196 valence electrons. The maximum absolute atomic E-state index is 13.8. The van der Waals surface area contributed by atoms with Gasteiger partial charge in [-0.3, -0.25) is 9.59 Å². The zero-order valence-electron chi connectivity index (χ0n) is 22.5. The Hall–Kier alpha value is -1.85. The summed E-state index contributed by atoms with van der Waals surface area (Å²) in [4.78, 5) is 27.6. The number of halogens is 1. The van der Waals surface area contributed by atoms with Gasteiger partial charge in [0.25, 0.3) is 0 Å². The molecule has 1 aromatic rings. The summed E-state index contributed by atoms with van der Waals surface area (Å²) in [6.45, 7) is 13.5. The van der Waals surface area contributed by atoms with Crippen molar-refractivity contribution >= 4 is 23.5 Å². The fourth-order valence-electron chi connectivity index (χ4n) is 7.14. The Morgan fingerprint density at radius 2 is 1.92 bits per heavy atom. The van der Waals surface area contributed by atoms with Crippen molar-refractivity contribution in [3.05, 3.63) is 46.1 Å². The fourth-order valence-corrected chi connectivity index (χ4v) is 7.42. The maximum atomic E-state index is 13.8. The first kappa shape index (κ1) is 25.8. The van der Waals surface area contributed by atoms with Crippen molar-refractivity contribution in [2.24, 2.45) is 16.7 Å². The summed E-state index contributed by atoms with van der Waals surface area (Å²) >= 11 is 6.83. The molecule has 2 aliphatic heterocycles. The van der Waals surface area contributed by atoms with E-state index in [4.69, 9.17) is 16.3 Å². The minimum absolute atomic E-state index is 0.0584. The summed E-state index contributed by atoms with van der Waals surface area (Å²) in [5.74, 6) is -0.574. The highest BCUT2D eigenvalue weighted by Gasteiger charge is 2.68. The first-order chi connectivity index (χ1) is 16.6. The maximum Gasteiger partial charge on any atom is 0.309 e. The van der Waals surface area contributed by atoms with E-state index >= 15 is 0 Å². The highest BCUT2D eigenvalue weighted by molar-refractivity contribution is 6.31. The van der Waals surface area contributed by atoms with Gasteiger partial charge in [-0.2, -0.15) is 0 Å². The molecule has 3 aliphatic carbocycles. The molecule has 36 heavy (non-hydrogen) atoms. The normalized spacial score (nSPS) is 35.2. The summed E-state index contributed by atoms with van der Waals surface area (Å²) in [5, 5.41) is 10.5. The molecule has 3 saturated carbocycles. The van der Waals surface area contributed by atoms with Gasteiger partial charge in [0.15, 0.2) is 0 Å². The van der Waals surface area contributed by atoms with Gasteiger partial charge in [0.05, 0.1) is 23.0 Å². The molecule has 5 nitrogen and oxygen atoms in total. The predicted octanol–water partition coefficient (Wildman–Crippen LogP) is 6.52. The van der Waals surface area contributed by atoms with Crippen molar-refractivity contribution in [3.63, 3.8) is 0 Å². The van der Waals surface area contributed by atoms with Gasteiger partial charge < -0.3 is 14.7 Å². The van der Waals surface area contributed by atoms with Crippen molar-refractivity contribution in [1.29, 1.82) is 0 Å². The minimum atomic E-state index is -0.719. The average molecular weight is 514 g/mol. The number of hydrogen-bond acceptors (Lipinski definition) is 3. The number of carboxylic acids is 1. The van der Waals surface area contributed by atoms with Crippen LogP contribution in [0.25, 0.3) is 0 Å². The van der Waals surface area contributed by atoms with Gasteiger partial charge in [-0.1, -0.05) is 51.4 Å². The van der Waals surface area contributed by atoms with Crippen LogP contribution in [0.4, 0.5) is 0 Å². The van der Waals surface area contributed by atoms with Gasteiger partial charge in [-0.05, 0) is 80.6 Å². The standard InChI is InChI=1S/C30H40ClNO4/c1-19-22-15-32(29-12-11-28(16-29,17-29)25(34)35)24(33)14-30(22,18-36-27(19,5)6)21-8-7-20(23(31)13-21)9-10-26(2,3)4/h7-8,13,15,19H,9-12,14,16-18H2,1-6H3,(H,34,35)/t19?,28?,29?,30-/m0/s1. The van der Waals surface area contributed by atoms with E-state index in [1.165, 1.54) is 5.57 Å². The molecule has 2 atom stereocenters. The van der Waals surface area contributed by atoms with E-state index in [9.17, 15) is 14.7 Å². The van der Waals surface area contributed by atoms with Crippen LogP contribution in [0.3, 0.4) is 0 Å². The Bertz CT molecular complexity index is 1140. The number of carbonyl (C=O) groups is 2. The van der Waals surface area contributed by atoms with Crippen molar-refractivity contribution in [3.8, 4) is 0 Å². The Labute approximate surface area is 220 Å². The second-order valence-corrected chi connectivity index (χ2v) is 14.2. The van der Waals surface area contributed by atoms with Crippen LogP contribution in [0, 0.1) is 16.7 Å². The number of ether oxygens (including phenoxy) is 1. The second-order valence-electron chi connectivity index (χ2n) is 13.8. The van der Waals surface area contributed by atoms with Gasteiger partial charge in [0.2, 0.25) is 5.91 Å². The van der Waals surface area contributed by atoms with E-state index in [-0.39, 0.29) is 28.4 Å². The number of carbonyl (C=O) groups excluding carboxylic acids is 1. The molecule has 0 aromatic heterocycles. The van der Waals surface area contributed by atoms with Crippen LogP contribution in [0.15, 0.2) is 30.0 Å². The topological polar surface area (TPSA) is 66.8 Å². The lowest BCUT2D eigenvalue weighted by molar-refractivity contribution is -0.163. The Balaban J connectivity index is 1.53. The van der Waals surface area contributed by atoms with Crippen LogP contribution in [0.5, 0.6) is 0 Å². The first-order valence-electron chi connectivity index (χ1n) is 13.3. The summed E-state index contributed by atoms with van der Waals surface area (Å²) in [5.41, 5.74) is 1.67. The quantitative estimate of drug-likeness (QED) is 0.487. The monoisotopic (exact) mass is 513 g/mol. The number of rotatable bonds is 5. The van der Waals surface area contributed by atoms with E-state index < -0.39 is 16.8 Å². The number of amides is 1. The predicted molar refractivity (Wildman–Crippen MR) is 141 cm³/mol. The number of aliphatic carboxylic acids is 1. The van der Waals surface area contributed by atoms with Crippen LogP contribution in [0.1, 0.15) is 91.2 Å². The van der Waals surface area contributed by atoms with Crippen molar-refractivity contribution < 1.29 is 19.4 Å². The summed E-state index contributed by atoms with van der Waals surface area (Å²) in [6, 6.07) is 6.32. The van der Waals surface area contributed by atoms with Crippen LogP contribution >= 0.6 is 11.6 Å². The molecule has 1 amide bonds. The van der Waals surface area contributed by atoms with Gasteiger partial charge in [0.1, 0.15) is 0 Å². The van der Waals surface area contributed by atoms with E-state index in [1.54, 1.807) is 0 Å². The van der Waals surface area contributed by atoms with E-state index in [0.717, 1.165) is 35.4 Å². The number of aryl methyl sites for hydroxylation is 1. The Kier molecular flexibility index (Phi) is 5.78. The van der Waals surface area contributed by atoms with E-state index in [0.29, 0.717) is 32.3 Å². The minimum Gasteiger partial charge on any atom is -0.481 e. The molecule has 6 rings (SSSR count). The molecular formula is C30H40ClNO4. The summed E-state index contributed by atoms with van der Waals surface area (Å²) in [7, 11) is 0. The molecule has 6 heteroatoms. The van der Waals surface area contributed by atoms with Gasteiger partial charge in [-0.15, -0.1) is 0 Å². The van der Waals surface area contributed by atoms with Gasteiger partial charge >= 0.3 is 5.97 Å². The van der Waals surface area contributed by atoms with Crippen molar-refractivity contribution in [1.82, 2.24) is 4.90 Å². The molecule has 5 aliphatic rings. The molecule has 0 radical (unpaired) electrons. The number of fused-ring (bicyclic) bond motifs is 2. The van der Waals surface area contributed by atoms with Gasteiger partial charge in [0, 0.05) is 29.1 Å². The SMILES string of the molecule is CC1C2=CN(C34CCC(C(=O)O)(C3)C4)C(=O)C[C@@]2(c2ccc(CCC(C)(C)C)c(Cl)c2)COC1(C)C. The van der Waals surface area contributed by atoms with Crippen LogP contribution < -0.4 is 0 Å². The lowest BCUT2D eigenvalue weighted by Crippen LogP contribution is -2.62. The van der Waals surface area contributed by atoms with Crippen LogP contribution in [-0.4, -0.2) is 39.6 Å². The van der Waals surface area contributed by atoms with E-state index in [2.05, 4.69) is 65.9 Å². The fraction of sp³-hybridized carbons (Fsp3) is 0.667. The zero-order valence-corrected chi connectivity index (χ0v) is 23.3. The third-order valence-corrected chi connectivity index (χ3v) is 10.2. The van der Waals surface area contributed by atoms with Crippen molar-refractivity contribution in [2.75, 3.05) is 6.61 Å². The largest absolute Gasteiger partial charge is 0.481 e. The van der Waals surface area contributed by atoms with Crippen LogP contribution in [-0.2, 0) is 26.2 Å². The molecule has 0 spiro atoms. The number of carboxylic acid groups (broad SMARTS) is 1. The number of nitrogens with zero attached hydrogens (tertiary/aromatic N) is 1. The summed E-state index contributed by atoms with van der Waals surface area (Å²) < 4.78 is 6.43. The van der Waals surface area contributed by atoms with E-state index in [1.807, 2.05) is 4.90 Å². The third kappa shape index (κ3) is 3.84. The van der Waals surface area contributed by atoms with Crippen LogP contribution in [0.2, 0.25) is 5.02 Å². The average Bonchev–Trinajstić information content (AvgIpc) is 3.33. The zero-order chi connectivity index (χ0) is 26.3. The smallest absolute Gasteiger partial charge is 0.309 e. The second kappa shape index (κ2) is 8.07. The molecule has 2 heterocycles. The molecule has 1 N–H and O–H groups in total. The molecule has 1 unspecified atom stereocenters. The number of benzene rings is 1. The number of hydrogen-bond donors (Lipinski definition) is 1. The Morgan fingerprint density at radius 3 is 2.50 bits per heavy atom. The molecule has 1 aromatic carbocycles. The summed E-state index contributed by atoms with van der Waals surface area (Å²) in [6.07, 6.45) is 6.88. The third-order valence-electron chi connectivity index (χ3n) is 9.86. The Morgan fingerprint density at radius 1 is 1.22 bits per heavy atom. The molecule has 1 saturated heterocycles. The highest BCUT2D eigenvalue weighted by atomic mass is 35.5. The first-order valence-corrected chi connectivity index (χ1v) is 13.7. The molecule has 4 fully saturated rings. The lowest BCUT2D eigenvalue weighted by Gasteiger charge is -2.57. The van der Waals surface area contributed by atoms with Gasteiger partial charge in [-0.25, -0.2) is 0 Å².